The molecular weight excluding hydrogens is 761 g/mol. The van der Waals surface area contributed by atoms with Crippen molar-refractivity contribution in [1.29, 1.82) is 0 Å². The highest BCUT2D eigenvalue weighted by atomic mass is 15.2. The molecule has 0 aromatic heterocycles. The number of nitrogens with zero attached hydrogens (tertiary/aromatic N) is 2. The summed E-state index contributed by atoms with van der Waals surface area (Å²) in [6.45, 7) is 14.3. The lowest BCUT2D eigenvalue weighted by Crippen LogP contribution is -2.35. The van der Waals surface area contributed by atoms with Crippen LogP contribution in [0.3, 0.4) is 0 Å². The maximum Gasteiger partial charge on any atom is 0.0588 e. The van der Waals surface area contributed by atoms with Gasteiger partial charge in [0.2, 0.25) is 0 Å². The molecule has 2 unspecified atom stereocenters. The lowest BCUT2D eigenvalue weighted by Gasteiger charge is -2.42. The Morgan fingerprint density at radius 3 is 1.51 bits per heavy atom. The van der Waals surface area contributed by atoms with E-state index in [0.717, 1.165) is 12.8 Å². The third-order valence-electron chi connectivity index (χ3n) is 15.5. The van der Waals surface area contributed by atoms with Crippen LogP contribution in [0, 0.1) is 5.92 Å². The predicted octanol–water partition coefficient (Wildman–Crippen LogP) is 15.8. The molecule has 0 radical (unpaired) electrons. The molecule has 2 nitrogen and oxygen atoms in total. The summed E-state index contributed by atoms with van der Waals surface area (Å²) in [5.41, 5.74) is 23.6. The molecule has 0 bridgehead atoms. The van der Waals surface area contributed by atoms with Gasteiger partial charge in [-0.3, -0.25) is 0 Å². The Balaban J connectivity index is 0.844. The second kappa shape index (κ2) is 13.7. The minimum absolute atomic E-state index is 0.0828. The Morgan fingerprint density at radius 1 is 0.444 bits per heavy atom. The van der Waals surface area contributed by atoms with E-state index in [2.05, 4.69) is 233 Å². The van der Waals surface area contributed by atoms with Gasteiger partial charge in [-0.05, 0) is 128 Å². The molecule has 308 valence electrons. The highest BCUT2D eigenvalue weighted by molar-refractivity contribution is 5.90. The van der Waals surface area contributed by atoms with Gasteiger partial charge in [-0.15, -0.1) is 0 Å². The Kier molecular flexibility index (Phi) is 8.27. The van der Waals surface area contributed by atoms with E-state index in [9.17, 15) is 0 Å². The van der Waals surface area contributed by atoms with Gasteiger partial charge in [-0.25, -0.2) is 0 Å². The molecule has 0 fully saturated rings. The molecule has 2 aliphatic heterocycles. The zero-order valence-electron chi connectivity index (χ0n) is 37.3. The topological polar surface area (TPSA) is 6.48 Å². The van der Waals surface area contributed by atoms with E-state index in [1.807, 2.05) is 0 Å². The van der Waals surface area contributed by atoms with Crippen molar-refractivity contribution in [3.63, 3.8) is 0 Å². The zero-order chi connectivity index (χ0) is 42.8. The number of anilines is 5. The van der Waals surface area contributed by atoms with Crippen molar-refractivity contribution in [1.82, 2.24) is 0 Å². The molecular formula is C61H54N2. The molecule has 3 aliphatic carbocycles. The minimum atomic E-state index is -0.152. The first-order chi connectivity index (χ1) is 30.5. The monoisotopic (exact) mass is 814 g/mol. The summed E-state index contributed by atoms with van der Waals surface area (Å²) in [7, 11) is 0. The molecule has 63 heavy (non-hydrogen) atoms. The molecule has 0 amide bonds. The van der Waals surface area contributed by atoms with Crippen LogP contribution in [0.5, 0.6) is 0 Å². The van der Waals surface area contributed by atoms with Gasteiger partial charge in [0.15, 0.2) is 0 Å². The van der Waals surface area contributed by atoms with Gasteiger partial charge in [0.1, 0.15) is 0 Å². The number of fused-ring (bicyclic) bond motifs is 10. The quantitative estimate of drug-likeness (QED) is 0.163. The van der Waals surface area contributed by atoms with Crippen LogP contribution >= 0.6 is 0 Å². The van der Waals surface area contributed by atoms with Gasteiger partial charge in [0.05, 0.1) is 17.4 Å². The number of para-hydroxylation sites is 3. The zero-order valence-corrected chi connectivity index (χ0v) is 37.3. The first kappa shape index (κ1) is 38.1. The van der Waals surface area contributed by atoms with E-state index in [1.165, 1.54) is 101 Å². The second-order valence-electron chi connectivity index (χ2n) is 20.1. The summed E-state index contributed by atoms with van der Waals surface area (Å²) in [5.74, 6) is 0.491. The average molecular weight is 815 g/mol. The fourth-order valence-electron chi connectivity index (χ4n) is 12.1. The molecule has 0 spiro atoms. The van der Waals surface area contributed by atoms with Crippen LogP contribution in [0.1, 0.15) is 98.0 Å². The van der Waals surface area contributed by atoms with E-state index in [-0.39, 0.29) is 16.2 Å². The first-order valence-corrected chi connectivity index (χ1v) is 23.0. The molecule has 0 N–H and O–H groups in total. The highest BCUT2D eigenvalue weighted by Gasteiger charge is 2.41. The second-order valence-corrected chi connectivity index (χ2v) is 20.1. The maximum atomic E-state index is 2.61. The number of aryl methyl sites for hydroxylation is 1. The number of hydrogen-bond donors (Lipinski definition) is 0. The van der Waals surface area contributed by atoms with Crippen LogP contribution in [-0.2, 0) is 22.7 Å². The summed E-state index contributed by atoms with van der Waals surface area (Å²) in [4.78, 5) is 5.10. The number of benzene rings is 7. The lowest BCUT2D eigenvalue weighted by atomic mass is 9.73. The molecule has 7 aromatic carbocycles. The Hall–Kier alpha value is -6.64. The van der Waals surface area contributed by atoms with Crippen molar-refractivity contribution in [3.05, 3.63) is 220 Å². The summed E-state index contributed by atoms with van der Waals surface area (Å²) in [5, 5.41) is 0. The fourth-order valence-corrected chi connectivity index (χ4v) is 12.1. The van der Waals surface area contributed by atoms with E-state index in [4.69, 9.17) is 0 Å². The molecule has 2 heterocycles. The van der Waals surface area contributed by atoms with Crippen LogP contribution < -0.4 is 9.80 Å². The Morgan fingerprint density at radius 2 is 0.905 bits per heavy atom. The number of allylic oxidation sites excluding steroid dienone is 2. The van der Waals surface area contributed by atoms with Gasteiger partial charge in [0, 0.05) is 39.2 Å². The van der Waals surface area contributed by atoms with Gasteiger partial charge in [-0.2, -0.15) is 0 Å². The summed E-state index contributed by atoms with van der Waals surface area (Å²) in [6.07, 6.45) is 16.2. The predicted molar refractivity (Wildman–Crippen MR) is 266 cm³/mol. The van der Waals surface area contributed by atoms with Crippen molar-refractivity contribution >= 4 is 40.6 Å². The van der Waals surface area contributed by atoms with Gasteiger partial charge in [-0.1, -0.05) is 181 Å². The molecule has 12 rings (SSSR count). The first-order valence-electron chi connectivity index (χ1n) is 23.0. The Bertz CT molecular complexity index is 3080. The van der Waals surface area contributed by atoms with E-state index >= 15 is 0 Å². The highest BCUT2D eigenvalue weighted by Crippen LogP contribution is 2.56. The van der Waals surface area contributed by atoms with Crippen molar-refractivity contribution in [3.8, 4) is 22.3 Å². The normalized spacial score (nSPS) is 19.9. The minimum Gasteiger partial charge on any atom is -0.334 e. The van der Waals surface area contributed by atoms with Crippen molar-refractivity contribution in [2.45, 2.75) is 76.7 Å². The largest absolute Gasteiger partial charge is 0.334 e. The number of hydrogen-bond acceptors (Lipinski definition) is 2. The standard InChI is InChI=1S/C61H54N2/c1-59(2)49-17-9-13-21-57(49)63(58-22-14-10-18-50(58)59)44-30-34-48-46-32-26-40(36-52(46)61(5,6)54(48)38-44)24-23-39-25-31-45-47-33-29-43(37-53(47)60(3,4)51(45)35-39)62-55-19-11-7-15-41(55)27-28-42-16-8-12-20-56(42)62/h7-26,29-38,41,55H,27-28H2,1-6H3/b24-23+. The lowest BCUT2D eigenvalue weighted by molar-refractivity contribution is 0.535. The van der Waals surface area contributed by atoms with Crippen LogP contribution in [0.4, 0.5) is 28.4 Å². The molecule has 7 aromatic rings. The average Bonchev–Trinajstić information content (AvgIpc) is 3.56. The molecule has 2 heteroatoms. The Labute approximate surface area is 373 Å². The number of rotatable bonds is 4. The summed E-state index contributed by atoms with van der Waals surface area (Å²) >= 11 is 0. The summed E-state index contributed by atoms with van der Waals surface area (Å²) < 4.78 is 0. The molecule has 2 atom stereocenters. The maximum absolute atomic E-state index is 2.61. The smallest absolute Gasteiger partial charge is 0.0588 e. The van der Waals surface area contributed by atoms with E-state index in [0.29, 0.717) is 12.0 Å². The van der Waals surface area contributed by atoms with E-state index in [1.54, 1.807) is 0 Å². The van der Waals surface area contributed by atoms with Crippen LogP contribution in [0.25, 0.3) is 34.4 Å². The SMILES string of the molecule is CC1(C)c2cc(/C=C/c3ccc4c(c3)C(C)(C)c3cc(N5c6ccccc6CCC6C=CC=CC65)ccc3-4)ccc2-c2ccc(N3c4ccccc4C(C)(C)c4ccccc43)cc21. The van der Waals surface area contributed by atoms with Crippen molar-refractivity contribution < 1.29 is 0 Å². The van der Waals surface area contributed by atoms with Crippen LogP contribution in [-0.4, -0.2) is 6.04 Å². The van der Waals surface area contributed by atoms with Gasteiger partial charge >= 0.3 is 0 Å². The van der Waals surface area contributed by atoms with Crippen LogP contribution in [0.15, 0.2) is 170 Å². The molecule has 0 saturated carbocycles. The van der Waals surface area contributed by atoms with Crippen LogP contribution in [0.2, 0.25) is 0 Å². The molecule has 0 saturated heterocycles. The van der Waals surface area contributed by atoms with Crippen molar-refractivity contribution in [2.75, 3.05) is 9.80 Å². The fraction of sp³-hybridized carbons (Fsp3) is 0.213. The molecule has 5 aliphatic rings. The third-order valence-corrected chi connectivity index (χ3v) is 15.5. The third kappa shape index (κ3) is 5.63. The van der Waals surface area contributed by atoms with Crippen molar-refractivity contribution in [2.24, 2.45) is 5.92 Å². The van der Waals surface area contributed by atoms with E-state index < -0.39 is 0 Å². The van der Waals surface area contributed by atoms with Gasteiger partial charge < -0.3 is 9.80 Å². The summed E-state index contributed by atoms with van der Waals surface area (Å²) in [6, 6.07) is 55.8. The van der Waals surface area contributed by atoms with Gasteiger partial charge in [0.25, 0.3) is 0 Å².